The van der Waals surface area contributed by atoms with Crippen LogP contribution in [0.3, 0.4) is 0 Å². The summed E-state index contributed by atoms with van der Waals surface area (Å²) in [6.45, 7) is 2.58. The van der Waals surface area contributed by atoms with Gasteiger partial charge in [0.05, 0.1) is 7.11 Å². The molecule has 1 saturated heterocycles. The van der Waals surface area contributed by atoms with Crippen LogP contribution >= 0.6 is 0 Å². The molecule has 5 heteroatoms. The second-order valence-corrected chi connectivity index (χ2v) is 4.49. The van der Waals surface area contributed by atoms with E-state index < -0.39 is 6.04 Å². The molecule has 0 saturated carbocycles. The van der Waals surface area contributed by atoms with Crippen LogP contribution in [0.2, 0.25) is 0 Å². The van der Waals surface area contributed by atoms with Crippen LogP contribution in [-0.2, 0) is 14.3 Å². The lowest BCUT2D eigenvalue weighted by atomic mass is 10.0. The molecule has 1 aliphatic heterocycles. The van der Waals surface area contributed by atoms with Gasteiger partial charge in [-0.15, -0.1) is 0 Å². The fourth-order valence-corrected chi connectivity index (χ4v) is 2.10. The van der Waals surface area contributed by atoms with Gasteiger partial charge in [0.2, 0.25) is 5.91 Å². The Bertz CT molecular complexity index is 281. The number of piperidine rings is 1. The van der Waals surface area contributed by atoms with Crippen molar-refractivity contribution in [3.8, 4) is 0 Å². The van der Waals surface area contributed by atoms with E-state index in [1.807, 2.05) is 6.92 Å². The highest BCUT2D eigenvalue weighted by Gasteiger charge is 2.32. The summed E-state index contributed by atoms with van der Waals surface area (Å²) in [6.07, 6.45) is 3.68. The van der Waals surface area contributed by atoms with Gasteiger partial charge in [0, 0.05) is 19.0 Å². The Hall–Kier alpha value is -1.10. The van der Waals surface area contributed by atoms with E-state index in [0.29, 0.717) is 19.4 Å². The van der Waals surface area contributed by atoms with E-state index >= 15 is 0 Å². The van der Waals surface area contributed by atoms with Crippen molar-refractivity contribution in [2.24, 2.45) is 5.73 Å². The third-order valence-corrected chi connectivity index (χ3v) is 3.26. The predicted molar refractivity (Wildman–Crippen MR) is 64.3 cm³/mol. The van der Waals surface area contributed by atoms with Gasteiger partial charge in [-0.3, -0.25) is 4.79 Å². The van der Waals surface area contributed by atoms with Crippen LogP contribution in [0.15, 0.2) is 0 Å². The first-order valence-electron chi connectivity index (χ1n) is 6.23. The molecule has 2 atom stereocenters. The maximum Gasteiger partial charge on any atom is 0.328 e. The Morgan fingerprint density at radius 1 is 1.47 bits per heavy atom. The summed E-state index contributed by atoms with van der Waals surface area (Å²) in [4.78, 5) is 25.3. The van der Waals surface area contributed by atoms with Gasteiger partial charge < -0.3 is 15.4 Å². The SMILES string of the molecule is CCC(N)CC(=O)N1CCCCC1C(=O)OC. The number of ether oxygens (including phenoxy) is 1. The quantitative estimate of drug-likeness (QED) is 0.735. The molecule has 1 heterocycles. The van der Waals surface area contributed by atoms with E-state index in [1.165, 1.54) is 7.11 Å². The van der Waals surface area contributed by atoms with Crippen LogP contribution in [0, 0.1) is 0 Å². The maximum absolute atomic E-state index is 12.0. The lowest BCUT2D eigenvalue weighted by molar-refractivity contribution is -0.154. The molecule has 0 spiro atoms. The zero-order valence-corrected chi connectivity index (χ0v) is 10.6. The van der Waals surface area contributed by atoms with E-state index in [1.54, 1.807) is 4.90 Å². The summed E-state index contributed by atoms with van der Waals surface area (Å²) in [6, 6.07) is -0.534. The van der Waals surface area contributed by atoms with E-state index in [-0.39, 0.29) is 17.9 Å². The minimum atomic E-state index is -0.412. The predicted octanol–water partition coefficient (Wildman–Crippen LogP) is 0.668. The Labute approximate surface area is 102 Å². The summed E-state index contributed by atoms with van der Waals surface area (Å²) in [5.41, 5.74) is 5.77. The smallest absolute Gasteiger partial charge is 0.328 e. The fraction of sp³-hybridized carbons (Fsp3) is 0.833. The molecule has 1 fully saturated rings. The molecule has 1 aliphatic rings. The third-order valence-electron chi connectivity index (χ3n) is 3.26. The van der Waals surface area contributed by atoms with E-state index in [0.717, 1.165) is 19.3 Å². The van der Waals surface area contributed by atoms with Gasteiger partial charge in [0.15, 0.2) is 0 Å². The zero-order valence-electron chi connectivity index (χ0n) is 10.6. The number of esters is 1. The normalized spacial score (nSPS) is 22.1. The number of rotatable bonds is 4. The third kappa shape index (κ3) is 3.70. The first kappa shape index (κ1) is 14.0. The molecule has 2 N–H and O–H groups in total. The molecular formula is C12H22N2O3. The average molecular weight is 242 g/mol. The van der Waals surface area contributed by atoms with Crippen molar-refractivity contribution >= 4 is 11.9 Å². The van der Waals surface area contributed by atoms with Crippen molar-refractivity contribution in [1.29, 1.82) is 0 Å². The Balaban J connectivity index is 2.64. The first-order valence-corrected chi connectivity index (χ1v) is 6.23. The standard InChI is InChI=1S/C12H22N2O3/c1-3-9(13)8-11(15)14-7-5-4-6-10(14)12(16)17-2/h9-10H,3-8,13H2,1-2H3. The summed E-state index contributed by atoms with van der Waals surface area (Å²) in [5.74, 6) is -0.349. The molecule has 0 aliphatic carbocycles. The van der Waals surface area contributed by atoms with Crippen LogP contribution in [0.1, 0.15) is 39.0 Å². The fourth-order valence-electron chi connectivity index (χ4n) is 2.10. The van der Waals surface area contributed by atoms with Crippen molar-refractivity contribution in [2.75, 3.05) is 13.7 Å². The summed E-state index contributed by atoms with van der Waals surface area (Å²) in [5, 5.41) is 0. The lowest BCUT2D eigenvalue weighted by Crippen LogP contribution is -2.49. The zero-order chi connectivity index (χ0) is 12.8. The Kier molecular flexibility index (Phi) is 5.41. The number of amides is 1. The van der Waals surface area contributed by atoms with Crippen LogP contribution in [0.5, 0.6) is 0 Å². The maximum atomic E-state index is 12.0. The van der Waals surface area contributed by atoms with Crippen LogP contribution in [0.4, 0.5) is 0 Å². The molecular weight excluding hydrogens is 220 g/mol. The Morgan fingerprint density at radius 2 is 2.18 bits per heavy atom. The van der Waals surface area contributed by atoms with Gasteiger partial charge in [-0.25, -0.2) is 4.79 Å². The number of carbonyl (C=O) groups is 2. The minimum absolute atomic E-state index is 0.0329. The second-order valence-electron chi connectivity index (χ2n) is 4.49. The van der Waals surface area contributed by atoms with Gasteiger partial charge in [0.25, 0.3) is 0 Å². The molecule has 0 aromatic rings. The van der Waals surface area contributed by atoms with Crippen molar-refractivity contribution in [3.05, 3.63) is 0 Å². The number of likely N-dealkylation sites (tertiary alicyclic amines) is 1. The minimum Gasteiger partial charge on any atom is -0.467 e. The number of hydrogen-bond donors (Lipinski definition) is 1. The lowest BCUT2D eigenvalue weighted by Gasteiger charge is -2.34. The number of nitrogens with two attached hydrogens (primary N) is 1. The van der Waals surface area contributed by atoms with Gasteiger partial charge in [-0.05, 0) is 25.7 Å². The van der Waals surface area contributed by atoms with E-state index in [2.05, 4.69) is 0 Å². The number of carbonyl (C=O) groups excluding carboxylic acids is 2. The van der Waals surface area contributed by atoms with Crippen LogP contribution in [-0.4, -0.2) is 42.5 Å². The molecule has 0 radical (unpaired) electrons. The van der Waals surface area contributed by atoms with Crippen LogP contribution < -0.4 is 5.73 Å². The van der Waals surface area contributed by atoms with E-state index in [4.69, 9.17) is 10.5 Å². The topological polar surface area (TPSA) is 72.6 Å². The molecule has 0 aromatic carbocycles. The van der Waals surface area contributed by atoms with Crippen molar-refractivity contribution in [1.82, 2.24) is 4.90 Å². The monoisotopic (exact) mass is 242 g/mol. The van der Waals surface area contributed by atoms with Crippen LogP contribution in [0.25, 0.3) is 0 Å². The summed E-state index contributed by atoms with van der Waals surface area (Å²) >= 11 is 0. The Morgan fingerprint density at radius 3 is 2.76 bits per heavy atom. The summed E-state index contributed by atoms with van der Waals surface area (Å²) in [7, 11) is 1.36. The van der Waals surface area contributed by atoms with Gasteiger partial charge in [-0.1, -0.05) is 6.92 Å². The molecule has 0 bridgehead atoms. The van der Waals surface area contributed by atoms with Crippen molar-refractivity contribution < 1.29 is 14.3 Å². The van der Waals surface area contributed by atoms with Gasteiger partial charge in [0.1, 0.15) is 6.04 Å². The molecule has 1 rings (SSSR count). The highest BCUT2D eigenvalue weighted by Crippen LogP contribution is 2.19. The first-order chi connectivity index (χ1) is 8.10. The number of nitrogens with zero attached hydrogens (tertiary/aromatic N) is 1. The molecule has 98 valence electrons. The van der Waals surface area contributed by atoms with Gasteiger partial charge >= 0.3 is 5.97 Å². The highest BCUT2D eigenvalue weighted by molar-refractivity contribution is 5.85. The van der Waals surface area contributed by atoms with E-state index in [9.17, 15) is 9.59 Å². The summed E-state index contributed by atoms with van der Waals surface area (Å²) < 4.78 is 4.74. The molecule has 17 heavy (non-hydrogen) atoms. The molecule has 5 nitrogen and oxygen atoms in total. The van der Waals surface area contributed by atoms with Gasteiger partial charge in [-0.2, -0.15) is 0 Å². The van der Waals surface area contributed by atoms with Crippen molar-refractivity contribution in [2.45, 2.75) is 51.1 Å². The largest absolute Gasteiger partial charge is 0.467 e. The second kappa shape index (κ2) is 6.59. The number of hydrogen-bond acceptors (Lipinski definition) is 4. The molecule has 0 aromatic heterocycles. The van der Waals surface area contributed by atoms with Crippen molar-refractivity contribution in [3.63, 3.8) is 0 Å². The number of methoxy groups -OCH3 is 1. The molecule has 1 amide bonds. The average Bonchev–Trinajstić information content (AvgIpc) is 2.37. The highest BCUT2D eigenvalue weighted by atomic mass is 16.5. The molecule has 2 unspecified atom stereocenters.